The van der Waals surface area contributed by atoms with Crippen LogP contribution in [0.25, 0.3) is 0 Å². The molecule has 12 N–H and O–H groups in total. The first-order chi connectivity index (χ1) is 31.3. The topological polar surface area (TPSA) is 419 Å². The number of aliphatic hydroxyl groups is 2. The number of hydrogen-bond donors (Lipinski definition) is 12. The molecule has 27 nitrogen and oxygen atoms in total. The molecular weight excluding hydrogens is 1000 g/mol. The van der Waals surface area contributed by atoms with Crippen molar-refractivity contribution in [2.75, 3.05) is 25.5 Å². The SMILES string of the molecule is CCCCCCCC(=O)OC(COC(=O)CCCCCCCNC(=O)CCCCC1SCC2NC(=O)NC21)COP(=O)(O)OC1C(O)C(OP(=O)(O)O)C(OP(=O)(O)O)C(OP(=O)(O)O)C1O. The van der Waals surface area contributed by atoms with Gasteiger partial charge in [0.05, 0.1) is 18.7 Å². The van der Waals surface area contributed by atoms with E-state index in [0.29, 0.717) is 43.9 Å². The molecule has 2 aliphatic heterocycles. The molecule has 1 saturated carbocycles. The predicted molar refractivity (Wildman–Crippen MR) is 232 cm³/mol. The molecule has 0 aromatic carbocycles. The molecule has 2 saturated heterocycles. The fourth-order valence-electron chi connectivity index (χ4n) is 7.48. The molecule has 2 heterocycles. The van der Waals surface area contributed by atoms with Gasteiger partial charge in [0, 0.05) is 36.8 Å². The van der Waals surface area contributed by atoms with E-state index in [0.717, 1.165) is 63.5 Å². The number of esters is 2. The number of ether oxygens (including phenoxy) is 2. The van der Waals surface area contributed by atoms with Crippen molar-refractivity contribution in [2.45, 2.75) is 170 Å². The third kappa shape index (κ3) is 23.4. The van der Waals surface area contributed by atoms with E-state index in [4.69, 9.17) is 18.5 Å². The van der Waals surface area contributed by atoms with Crippen LogP contribution in [0.2, 0.25) is 0 Å². The lowest BCUT2D eigenvalue weighted by Gasteiger charge is -2.45. The van der Waals surface area contributed by atoms with Gasteiger partial charge in [0.25, 0.3) is 0 Å². The molecule has 3 aliphatic rings. The first-order valence-corrected chi connectivity index (χ1v) is 28.9. The molecule has 9 unspecified atom stereocenters. The fraction of sp³-hybridized carbons (Fsp3) is 0.886. The molecule has 0 aromatic heterocycles. The zero-order valence-corrected chi connectivity index (χ0v) is 41.2. The number of hydrogen-bond acceptors (Lipinski definition) is 18. The molecule has 3 rings (SSSR count). The molecular formula is C35H65N3O24P4S. The van der Waals surface area contributed by atoms with E-state index in [2.05, 4.69) is 29.5 Å². The lowest BCUT2D eigenvalue weighted by atomic mass is 9.85. The van der Waals surface area contributed by atoms with E-state index >= 15 is 0 Å². The summed E-state index contributed by atoms with van der Waals surface area (Å²) < 4.78 is 81.5. The van der Waals surface area contributed by atoms with E-state index in [1.165, 1.54) is 0 Å². The molecule has 0 bridgehead atoms. The van der Waals surface area contributed by atoms with Crippen molar-refractivity contribution in [2.24, 2.45) is 0 Å². The lowest BCUT2D eigenvalue weighted by Crippen LogP contribution is -2.65. The Balaban J connectivity index is 1.48. The Labute approximate surface area is 391 Å². The second kappa shape index (κ2) is 28.4. The van der Waals surface area contributed by atoms with Gasteiger partial charge in [-0.15, -0.1) is 0 Å². The average Bonchev–Trinajstić information content (AvgIpc) is 3.77. The molecule has 1 aliphatic carbocycles. The summed E-state index contributed by atoms with van der Waals surface area (Å²) in [6.45, 7) is 0.757. The summed E-state index contributed by atoms with van der Waals surface area (Å²) in [5.74, 6) is -0.674. The highest BCUT2D eigenvalue weighted by Gasteiger charge is 2.59. The minimum Gasteiger partial charge on any atom is -0.462 e. The Morgan fingerprint density at radius 2 is 1.21 bits per heavy atom. The molecule has 3 fully saturated rings. The first kappa shape index (κ1) is 59.7. The first-order valence-electron chi connectivity index (χ1n) is 21.8. The summed E-state index contributed by atoms with van der Waals surface area (Å²) >= 11 is 1.83. The number of urea groups is 1. The number of carbonyl (C=O) groups is 4. The number of rotatable bonds is 33. The molecule has 0 spiro atoms. The van der Waals surface area contributed by atoms with Crippen LogP contribution in [0.1, 0.15) is 110 Å². The summed E-state index contributed by atoms with van der Waals surface area (Å²) in [5.41, 5.74) is 0. The number of amides is 3. The fourth-order valence-corrected chi connectivity index (χ4v) is 11.7. The standard InChI is InChI=1S/C35H65N3O24P4S/c1-2-3-4-6-10-17-27(41)58-22(19-56-26(40)16-9-7-5-8-13-18-36-25(39)15-12-11-14-24-28-23(21-67-24)37-35(44)38-28)20-57-66(54,55)62-31-29(42)32(59-63(45,46)47)34(61-65(51,52)53)33(30(31)43)60-64(48,49)50/h22-24,28-34,42-43H,2-21H2,1H3,(H,36,39)(H,54,55)(H2,37,38,44)(H2,45,46,47)(H2,48,49,50)(H2,51,52,53). The van der Waals surface area contributed by atoms with Gasteiger partial charge in [-0.1, -0.05) is 58.3 Å². The van der Waals surface area contributed by atoms with Crippen molar-refractivity contribution in [3.05, 3.63) is 0 Å². The molecule has 3 amide bonds. The van der Waals surface area contributed by atoms with E-state index in [1.54, 1.807) is 0 Å². The summed E-state index contributed by atoms with van der Waals surface area (Å²) in [6.07, 6.45) is -8.22. The smallest absolute Gasteiger partial charge is 0.462 e. The van der Waals surface area contributed by atoms with Crippen LogP contribution >= 0.6 is 43.1 Å². The Hall–Kier alpha value is -1.61. The summed E-state index contributed by atoms with van der Waals surface area (Å²) in [6, 6.07) is 0.169. The number of phosphoric acid groups is 4. The van der Waals surface area contributed by atoms with Crippen LogP contribution < -0.4 is 16.0 Å². The van der Waals surface area contributed by atoms with Crippen molar-refractivity contribution in [1.29, 1.82) is 0 Å². The molecule has 32 heteroatoms. The van der Waals surface area contributed by atoms with Crippen LogP contribution in [-0.2, 0) is 64.7 Å². The van der Waals surface area contributed by atoms with Gasteiger partial charge in [0.2, 0.25) is 5.91 Å². The summed E-state index contributed by atoms with van der Waals surface area (Å²) in [5, 5.41) is 30.8. The minimum absolute atomic E-state index is 0.0338. The molecule has 67 heavy (non-hydrogen) atoms. The van der Waals surface area contributed by atoms with Crippen molar-refractivity contribution < 1.29 is 114 Å². The number of fused-ring (bicyclic) bond motifs is 1. The third-order valence-corrected chi connectivity index (χ3v) is 14.7. The quantitative estimate of drug-likeness (QED) is 0.0192. The van der Waals surface area contributed by atoms with Crippen LogP contribution in [-0.4, -0.2) is 154 Å². The number of phosphoric ester groups is 4. The van der Waals surface area contributed by atoms with E-state index in [-0.39, 0.29) is 36.9 Å². The summed E-state index contributed by atoms with van der Waals surface area (Å²) in [4.78, 5) is 116. The van der Waals surface area contributed by atoms with Crippen molar-refractivity contribution in [3.8, 4) is 0 Å². The highest BCUT2D eigenvalue weighted by Crippen LogP contribution is 2.53. The molecule has 9 atom stereocenters. The number of nitrogens with one attached hydrogen (secondary N) is 3. The maximum atomic E-state index is 13.2. The number of unbranched alkanes of at least 4 members (excludes halogenated alkanes) is 9. The zero-order valence-electron chi connectivity index (χ0n) is 36.8. The minimum atomic E-state index is -5.80. The van der Waals surface area contributed by atoms with Gasteiger partial charge in [0.15, 0.2) is 6.10 Å². The molecule has 0 radical (unpaired) electrons. The van der Waals surface area contributed by atoms with Crippen LogP contribution in [0.3, 0.4) is 0 Å². The number of thioether (sulfide) groups is 1. The Morgan fingerprint density at radius 3 is 1.81 bits per heavy atom. The second-order valence-electron chi connectivity index (χ2n) is 16.2. The van der Waals surface area contributed by atoms with Crippen molar-refractivity contribution >= 4 is 66.9 Å². The second-order valence-corrected chi connectivity index (χ2v) is 22.4. The zero-order chi connectivity index (χ0) is 50.0. The maximum absolute atomic E-state index is 13.2. The van der Waals surface area contributed by atoms with Crippen molar-refractivity contribution in [1.82, 2.24) is 16.0 Å². The van der Waals surface area contributed by atoms with E-state index in [9.17, 15) is 81.9 Å². The van der Waals surface area contributed by atoms with Crippen LogP contribution in [0, 0.1) is 0 Å². The van der Waals surface area contributed by atoms with E-state index < -0.39 is 99.2 Å². The monoisotopic (exact) mass is 1070 g/mol. The van der Waals surface area contributed by atoms with Crippen LogP contribution in [0.15, 0.2) is 0 Å². The van der Waals surface area contributed by atoms with Crippen molar-refractivity contribution in [3.63, 3.8) is 0 Å². The van der Waals surface area contributed by atoms with Gasteiger partial charge in [0.1, 0.15) is 43.2 Å². The van der Waals surface area contributed by atoms with Gasteiger partial charge in [-0.25, -0.2) is 23.1 Å². The number of carbonyl (C=O) groups excluding carboxylic acids is 4. The van der Waals surface area contributed by atoms with Gasteiger partial charge >= 0.3 is 49.3 Å². The molecule has 0 aromatic rings. The highest BCUT2D eigenvalue weighted by atomic mass is 32.2. The Kier molecular flexibility index (Phi) is 25.3. The highest BCUT2D eigenvalue weighted by molar-refractivity contribution is 8.00. The predicted octanol–water partition coefficient (Wildman–Crippen LogP) is 1.66. The summed E-state index contributed by atoms with van der Waals surface area (Å²) in [7, 11) is -23.1. The normalized spacial score (nSPS) is 26.8. The Bertz CT molecular complexity index is 1750. The van der Waals surface area contributed by atoms with E-state index in [1.807, 2.05) is 18.7 Å². The Morgan fingerprint density at radius 1 is 0.672 bits per heavy atom. The van der Waals surface area contributed by atoms with Gasteiger partial charge < -0.3 is 69.9 Å². The average molecular weight is 1070 g/mol. The van der Waals surface area contributed by atoms with Gasteiger partial charge in [-0.05, 0) is 32.1 Å². The van der Waals surface area contributed by atoms with Crippen LogP contribution in [0.5, 0.6) is 0 Å². The van der Waals surface area contributed by atoms with Gasteiger partial charge in [-0.2, -0.15) is 11.8 Å². The number of aliphatic hydroxyl groups excluding tert-OH is 2. The molecule has 390 valence electrons. The maximum Gasteiger partial charge on any atom is 0.472 e. The largest absolute Gasteiger partial charge is 0.472 e. The van der Waals surface area contributed by atoms with Gasteiger partial charge in [-0.3, -0.25) is 37.0 Å². The lowest BCUT2D eigenvalue weighted by molar-refractivity contribution is -0.209. The van der Waals surface area contributed by atoms with Crippen LogP contribution in [0.4, 0.5) is 4.79 Å². The third-order valence-electron chi connectivity index (χ3n) is 10.6.